The van der Waals surface area contributed by atoms with Gasteiger partial charge in [-0.2, -0.15) is 0 Å². The number of fused-ring (bicyclic) bond motifs is 2. The van der Waals surface area contributed by atoms with Crippen molar-refractivity contribution in [1.29, 1.82) is 0 Å². The van der Waals surface area contributed by atoms with Crippen LogP contribution in [0.25, 0.3) is 0 Å². The molecule has 1 fully saturated rings. The van der Waals surface area contributed by atoms with Gasteiger partial charge in [-0.15, -0.1) is 11.8 Å². The third-order valence-electron chi connectivity index (χ3n) is 5.73. The Kier molecular flexibility index (Phi) is 5.53. The molecule has 2 aromatic rings. The molecule has 2 heterocycles. The molecule has 2 atom stereocenters. The van der Waals surface area contributed by atoms with Gasteiger partial charge >= 0.3 is 0 Å². The van der Waals surface area contributed by atoms with Gasteiger partial charge in [-0.3, -0.25) is 0 Å². The average Bonchev–Trinajstić information content (AvgIpc) is 2.66. The third-order valence-corrected chi connectivity index (χ3v) is 7.59. The van der Waals surface area contributed by atoms with Crippen molar-refractivity contribution in [3.05, 3.63) is 42.5 Å². The fourth-order valence-corrected chi connectivity index (χ4v) is 5.76. The predicted molar refractivity (Wildman–Crippen MR) is 115 cm³/mol. The summed E-state index contributed by atoms with van der Waals surface area (Å²) < 4.78 is 0. The van der Waals surface area contributed by atoms with Crippen molar-refractivity contribution >= 4 is 34.9 Å². The van der Waals surface area contributed by atoms with Crippen LogP contribution in [0.3, 0.4) is 0 Å². The summed E-state index contributed by atoms with van der Waals surface area (Å²) in [6, 6.07) is 16.5. The second-order valence-electron chi connectivity index (χ2n) is 7.62. The standard InChI is InChI=1S/C22H28N2S2/c1-16-8-9-17(23(2)15-16)12-13-24-19-6-4-5-7-21(19)26-22-11-10-18(25-3)14-20(22)24/h4-7,10-11,14,16-17H,8-9,12-13,15H2,1-3H3. The van der Waals surface area contributed by atoms with Gasteiger partial charge in [-0.25, -0.2) is 0 Å². The minimum Gasteiger partial charge on any atom is -0.340 e. The van der Waals surface area contributed by atoms with Crippen LogP contribution in [-0.2, 0) is 0 Å². The Labute approximate surface area is 166 Å². The summed E-state index contributed by atoms with van der Waals surface area (Å²) in [7, 11) is 2.31. The van der Waals surface area contributed by atoms with Crippen molar-refractivity contribution in [1.82, 2.24) is 4.90 Å². The van der Waals surface area contributed by atoms with Gasteiger partial charge in [0.2, 0.25) is 0 Å². The van der Waals surface area contributed by atoms with E-state index in [1.807, 2.05) is 23.5 Å². The summed E-state index contributed by atoms with van der Waals surface area (Å²) >= 11 is 3.73. The zero-order chi connectivity index (χ0) is 18.1. The van der Waals surface area contributed by atoms with Crippen molar-refractivity contribution in [3.63, 3.8) is 0 Å². The number of hydrogen-bond donors (Lipinski definition) is 0. The normalized spacial score (nSPS) is 22.8. The molecule has 0 N–H and O–H groups in total. The first-order chi connectivity index (χ1) is 12.7. The van der Waals surface area contributed by atoms with Crippen LogP contribution in [-0.4, -0.2) is 37.3 Å². The molecule has 2 aliphatic heterocycles. The Morgan fingerprint density at radius 2 is 1.88 bits per heavy atom. The monoisotopic (exact) mass is 384 g/mol. The second-order valence-corrected chi connectivity index (χ2v) is 9.58. The maximum absolute atomic E-state index is 2.58. The molecular formula is C22H28N2S2. The molecule has 0 amide bonds. The maximum atomic E-state index is 2.58. The van der Waals surface area contributed by atoms with E-state index in [0.717, 1.165) is 12.5 Å². The minimum absolute atomic E-state index is 0.708. The maximum Gasteiger partial charge on any atom is 0.0564 e. The largest absolute Gasteiger partial charge is 0.340 e. The Morgan fingerprint density at radius 3 is 2.69 bits per heavy atom. The highest BCUT2D eigenvalue weighted by Gasteiger charge is 2.27. The molecule has 138 valence electrons. The number of nitrogens with zero attached hydrogens (tertiary/aromatic N) is 2. The van der Waals surface area contributed by atoms with E-state index >= 15 is 0 Å². The lowest BCUT2D eigenvalue weighted by molar-refractivity contribution is 0.140. The minimum atomic E-state index is 0.708. The highest BCUT2D eigenvalue weighted by molar-refractivity contribution is 8.00. The van der Waals surface area contributed by atoms with Crippen LogP contribution in [0.5, 0.6) is 0 Å². The predicted octanol–water partition coefficient (Wildman–Crippen LogP) is 6.13. The van der Waals surface area contributed by atoms with Crippen molar-refractivity contribution in [2.24, 2.45) is 5.92 Å². The molecule has 0 aromatic heterocycles. The van der Waals surface area contributed by atoms with Crippen molar-refractivity contribution < 1.29 is 0 Å². The molecule has 2 aromatic carbocycles. The lowest BCUT2D eigenvalue weighted by Gasteiger charge is -2.39. The molecule has 2 aliphatic rings. The molecule has 0 radical (unpaired) electrons. The Balaban J connectivity index is 1.60. The van der Waals surface area contributed by atoms with Gasteiger partial charge in [-0.05, 0) is 68.8 Å². The van der Waals surface area contributed by atoms with Gasteiger partial charge in [0.15, 0.2) is 0 Å². The molecule has 26 heavy (non-hydrogen) atoms. The van der Waals surface area contributed by atoms with Crippen molar-refractivity contribution in [3.8, 4) is 0 Å². The molecule has 0 spiro atoms. The van der Waals surface area contributed by atoms with E-state index in [0.29, 0.717) is 6.04 Å². The highest BCUT2D eigenvalue weighted by Crippen LogP contribution is 2.49. The number of rotatable bonds is 4. The number of piperidine rings is 1. The van der Waals surface area contributed by atoms with Crippen LogP contribution in [0, 0.1) is 5.92 Å². The first-order valence-electron chi connectivity index (χ1n) is 9.58. The van der Waals surface area contributed by atoms with E-state index < -0.39 is 0 Å². The van der Waals surface area contributed by atoms with E-state index in [1.54, 1.807) is 0 Å². The van der Waals surface area contributed by atoms with Gasteiger partial charge in [-0.1, -0.05) is 30.8 Å². The number of anilines is 2. The van der Waals surface area contributed by atoms with Crippen molar-refractivity contribution in [2.45, 2.75) is 46.9 Å². The SMILES string of the molecule is CSc1ccc2c(c1)N(CCC1CCC(C)CN1C)c1ccccc1S2. The number of likely N-dealkylation sites (tertiary alicyclic amines) is 1. The quantitative estimate of drug-likeness (QED) is 0.585. The average molecular weight is 385 g/mol. The summed E-state index contributed by atoms with van der Waals surface area (Å²) in [6.45, 7) is 4.71. The first kappa shape index (κ1) is 18.3. The molecule has 2 nitrogen and oxygen atoms in total. The summed E-state index contributed by atoms with van der Waals surface area (Å²) in [4.78, 5) is 9.25. The highest BCUT2D eigenvalue weighted by atomic mass is 32.2. The molecular weight excluding hydrogens is 356 g/mol. The van der Waals surface area contributed by atoms with E-state index in [2.05, 4.69) is 72.5 Å². The summed E-state index contributed by atoms with van der Waals surface area (Å²) in [5, 5.41) is 0. The Morgan fingerprint density at radius 1 is 1.08 bits per heavy atom. The fraction of sp³-hybridized carbons (Fsp3) is 0.455. The Hall–Kier alpha value is -1.10. The smallest absolute Gasteiger partial charge is 0.0564 e. The molecule has 4 heteroatoms. The summed E-state index contributed by atoms with van der Waals surface area (Å²) in [5.41, 5.74) is 2.75. The van der Waals surface area contributed by atoms with Crippen LogP contribution in [0.2, 0.25) is 0 Å². The molecule has 1 saturated heterocycles. The number of hydrogen-bond acceptors (Lipinski definition) is 4. The van der Waals surface area contributed by atoms with Gasteiger partial charge in [0.25, 0.3) is 0 Å². The molecule has 0 saturated carbocycles. The molecule has 0 bridgehead atoms. The first-order valence-corrected chi connectivity index (χ1v) is 11.6. The number of thioether (sulfide) groups is 1. The van der Waals surface area contributed by atoms with Gasteiger partial charge in [0, 0.05) is 33.8 Å². The zero-order valence-corrected chi connectivity index (χ0v) is 17.6. The molecule has 0 aliphatic carbocycles. The zero-order valence-electron chi connectivity index (χ0n) is 15.9. The van der Waals surface area contributed by atoms with Crippen LogP contribution < -0.4 is 4.90 Å². The van der Waals surface area contributed by atoms with Crippen molar-refractivity contribution in [2.75, 3.05) is 31.3 Å². The fourth-order valence-electron chi connectivity index (χ4n) is 4.25. The number of benzene rings is 2. The van der Waals surface area contributed by atoms with Crippen LogP contribution in [0.15, 0.2) is 57.2 Å². The second kappa shape index (κ2) is 7.87. The van der Waals surface area contributed by atoms with Gasteiger partial charge < -0.3 is 9.80 Å². The molecule has 4 rings (SSSR count). The number of para-hydroxylation sites is 1. The van der Waals surface area contributed by atoms with Gasteiger partial charge in [0.05, 0.1) is 11.4 Å². The van der Waals surface area contributed by atoms with Crippen LogP contribution >= 0.6 is 23.5 Å². The van der Waals surface area contributed by atoms with Gasteiger partial charge in [0.1, 0.15) is 0 Å². The van der Waals surface area contributed by atoms with E-state index in [1.165, 1.54) is 51.9 Å². The lowest BCUT2D eigenvalue weighted by Crippen LogP contribution is -2.41. The summed E-state index contributed by atoms with van der Waals surface area (Å²) in [6.07, 6.45) is 6.09. The van der Waals surface area contributed by atoms with E-state index in [4.69, 9.17) is 0 Å². The summed E-state index contributed by atoms with van der Waals surface area (Å²) in [5.74, 6) is 0.841. The van der Waals surface area contributed by atoms with Crippen LogP contribution in [0.1, 0.15) is 26.2 Å². The Bertz CT molecular complexity index is 776. The molecule has 2 unspecified atom stereocenters. The van der Waals surface area contributed by atoms with E-state index in [-0.39, 0.29) is 0 Å². The lowest BCUT2D eigenvalue weighted by atomic mass is 9.93. The third kappa shape index (κ3) is 3.64. The topological polar surface area (TPSA) is 6.48 Å². The van der Waals surface area contributed by atoms with Crippen LogP contribution in [0.4, 0.5) is 11.4 Å². The van der Waals surface area contributed by atoms with E-state index in [9.17, 15) is 0 Å².